The summed E-state index contributed by atoms with van der Waals surface area (Å²) in [6.07, 6.45) is 1.60. The van der Waals surface area contributed by atoms with Crippen molar-refractivity contribution in [1.29, 1.82) is 0 Å². The van der Waals surface area contributed by atoms with E-state index in [0.717, 1.165) is 6.20 Å². The number of hydrogen-bond acceptors (Lipinski definition) is 5. The number of pyridine rings is 1. The number of para-hydroxylation sites is 1. The molecule has 0 radical (unpaired) electrons. The van der Waals surface area contributed by atoms with Crippen LogP contribution in [0.3, 0.4) is 0 Å². The highest BCUT2D eigenvalue weighted by Gasteiger charge is 2.22. The van der Waals surface area contributed by atoms with Gasteiger partial charge in [0.1, 0.15) is 11.2 Å². The average Bonchev–Trinajstić information content (AvgIpc) is 2.63. The zero-order valence-corrected chi connectivity index (χ0v) is 13.4. The summed E-state index contributed by atoms with van der Waals surface area (Å²) in [6.45, 7) is 1.43. The van der Waals surface area contributed by atoms with E-state index < -0.39 is 23.5 Å². The van der Waals surface area contributed by atoms with Gasteiger partial charge in [-0.2, -0.15) is 0 Å². The second kappa shape index (κ2) is 6.96. The third kappa shape index (κ3) is 3.55. The molecule has 3 rings (SSSR count). The molecule has 0 saturated heterocycles. The summed E-state index contributed by atoms with van der Waals surface area (Å²) in [7, 11) is 0. The number of esters is 1. The number of amides is 1. The monoisotopic (exact) mass is 337 g/mol. The molecule has 2 heterocycles. The molecular formula is C18H15N3O4. The molecule has 7 heteroatoms. The molecule has 0 aliphatic rings. The van der Waals surface area contributed by atoms with Crippen LogP contribution in [0.4, 0.5) is 5.69 Å². The fourth-order valence-electron chi connectivity index (χ4n) is 2.21. The van der Waals surface area contributed by atoms with Gasteiger partial charge >= 0.3 is 5.97 Å². The average molecular weight is 337 g/mol. The van der Waals surface area contributed by atoms with E-state index >= 15 is 0 Å². The molecule has 3 aromatic rings. The normalized spacial score (nSPS) is 11.7. The van der Waals surface area contributed by atoms with E-state index in [-0.39, 0.29) is 5.56 Å². The van der Waals surface area contributed by atoms with Crippen molar-refractivity contribution < 1.29 is 14.3 Å². The first kappa shape index (κ1) is 16.4. The molecule has 0 fully saturated rings. The first-order valence-electron chi connectivity index (χ1n) is 7.59. The van der Waals surface area contributed by atoms with Crippen molar-refractivity contribution in [3.8, 4) is 0 Å². The largest absolute Gasteiger partial charge is 0.449 e. The highest BCUT2D eigenvalue weighted by molar-refractivity contribution is 5.97. The molecule has 126 valence electrons. The van der Waals surface area contributed by atoms with Crippen molar-refractivity contribution in [3.63, 3.8) is 0 Å². The molecule has 1 unspecified atom stereocenters. The molecule has 0 aliphatic carbocycles. The molecule has 0 spiro atoms. The Bertz CT molecular complexity index is 982. The fraction of sp³-hybridized carbons (Fsp3) is 0.111. The van der Waals surface area contributed by atoms with Crippen molar-refractivity contribution in [2.75, 3.05) is 5.32 Å². The first-order chi connectivity index (χ1) is 12.1. The SMILES string of the molecule is CC(OC(=O)c1cnc2ccccn2c1=O)C(=O)Nc1ccccc1. The Morgan fingerprint density at radius 2 is 1.84 bits per heavy atom. The number of nitrogens with zero attached hydrogens (tertiary/aromatic N) is 2. The Morgan fingerprint density at radius 1 is 1.12 bits per heavy atom. The van der Waals surface area contributed by atoms with E-state index in [1.165, 1.54) is 17.5 Å². The quantitative estimate of drug-likeness (QED) is 0.734. The zero-order chi connectivity index (χ0) is 17.8. The van der Waals surface area contributed by atoms with Gasteiger partial charge in [0.05, 0.1) is 0 Å². The summed E-state index contributed by atoms with van der Waals surface area (Å²) >= 11 is 0. The van der Waals surface area contributed by atoms with Gasteiger partial charge in [-0.05, 0) is 31.2 Å². The van der Waals surface area contributed by atoms with Gasteiger partial charge < -0.3 is 10.1 Å². The van der Waals surface area contributed by atoms with Gasteiger partial charge in [-0.1, -0.05) is 24.3 Å². The third-order valence-electron chi connectivity index (χ3n) is 3.53. The number of fused-ring (bicyclic) bond motifs is 1. The van der Waals surface area contributed by atoms with Gasteiger partial charge in [0.2, 0.25) is 0 Å². The van der Waals surface area contributed by atoms with Crippen molar-refractivity contribution >= 4 is 23.2 Å². The standard InChI is InChI=1S/C18H15N3O4/c1-12(16(22)20-13-7-3-2-4-8-13)25-18(24)14-11-19-15-9-5-6-10-21(15)17(14)23/h2-12H,1H3,(H,20,22). The number of benzene rings is 1. The number of rotatable bonds is 4. The number of anilines is 1. The van der Waals surface area contributed by atoms with Crippen LogP contribution in [0.1, 0.15) is 17.3 Å². The minimum atomic E-state index is -1.07. The van der Waals surface area contributed by atoms with Gasteiger partial charge in [0.15, 0.2) is 6.10 Å². The number of hydrogen-bond donors (Lipinski definition) is 1. The lowest BCUT2D eigenvalue weighted by atomic mass is 10.3. The molecular weight excluding hydrogens is 322 g/mol. The van der Waals surface area contributed by atoms with E-state index in [4.69, 9.17) is 4.74 Å². The number of ether oxygens (including phenoxy) is 1. The van der Waals surface area contributed by atoms with Gasteiger partial charge in [-0.15, -0.1) is 0 Å². The summed E-state index contributed by atoms with van der Waals surface area (Å²) < 4.78 is 6.34. The lowest BCUT2D eigenvalue weighted by molar-refractivity contribution is -0.123. The Hall–Kier alpha value is -3.48. The van der Waals surface area contributed by atoms with Crippen LogP contribution in [0.2, 0.25) is 0 Å². The number of aromatic nitrogens is 2. The first-order valence-corrected chi connectivity index (χ1v) is 7.59. The lowest BCUT2D eigenvalue weighted by Crippen LogP contribution is -2.32. The maximum absolute atomic E-state index is 12.3. The number of nitrogens with one attached hydrogen (secondary N) is 1. The topological polar surface area (TPSA) is 89.8 Å². The van der Waals surface area contributed by atoms with Crippen LogP contribution >= 0.6 is 0 Å². The maximum Gasteiger partial charge on any atom is 0.346 e. The van der Waals surface area contributed by atoms with E-state index in [2.05, 4.69) is 10.3 Å². The summed E-state index contributed by atoms with van der Waals surface area (Å²) in [6, 6.07) is 13.8. The summed E-state index contributed by atoms with van der Waals surface area (Å²) in [4.78, 5) is 40.7. The molecule has 2 aromatic heterocycles. The second-order valence-corrected chi connectivity index (χ2v) is 5.31. The molecule has 0 aliphatic heterocycles. The highest BCUT2D eigenvalue weighted by atomic mass is 16.5. The van der Waals surface area contributed by atoms with Crippen LogP contribution in [0.5, 0.6) is 0 Å². The Labute approximate surface area is 142 Å². The molecule has 1 atom stereocenters. The maximum atomic E-state index is 12.3. The summed E-state index contributed by atoms with van der Waals surface area (Å²) in [5.41, 5.74) is 0.219. The van der Waals surface area contributed by atoms with Crippen LogP contribution in [0, 0.1) is 0 Å². The minimum absolute atomic E-state index is 0.233. The number of carbonyl (C=O) groups excluding carboxylic acids is 2. The zero-order valence-electron chi connectivity index (χ0n) is 13.4. The van der Waals surface area contributed by atoms with Crippen LogP contribution in [-0.2, 0) is 9.53 Å². The Kier molecular flexibility index (Phi) is 4.56. The molecule has 1 aromatic carbocycles. The number of carbonyl (C=O) groups is 2. The van der Waals surface area contributed by atoms with Gasteiger partial charge in [0, 0.05) is 18.1 Å². The second-order valence-electron chi connectivity index (χ2n) is 5.31. The van der Waals surface area contributed by atoms with Crippen LogP contribution in [0.25, 0.3) is 5.65 Å². The van der Waals surface area contributed by atoms with Crippen molar-refractivity contribution in [1.82, 2.24) is 9.38 Å². The van der Waals surface area contributed by atoms with E-state index in [9.17, 15) is 14.4 Å². The van der Waals surface area contributed by atoms with Gasteiger partial charge in [0.25, 0.3) is 11.5 Å². The Morgan fingerprint density at radius 3 is 2.60 bits per heavy atom. The van der Waals surface area contributed by atoms with Gasteiger partial charge in [-0.3, -0.25) is 14.0 Å². The molecule has 1 N–H and O–H groups in total. The van der Waals surface area contributed by atoms with Gasteiger partial charge in [-0.25, -0.2) is 9.78 Å². The van der Waals surface area contributed by atoms with Crippen LogP contribution in [-0.4, -0.2) is 27.4 Å². The van der Waals surface area contributed by atoms with Crippen LogP contribution < -0.4 is 10.9 Å². The third-order valence-corrected chi connectivity index (χ3v) is 3.53. The Balaban J connectivity index is 1.74. The van der Waals surface area contributed by atoms with E-state index in [0.29, 0.717) is 11.3 Å². The van der Waals surface area contributed by atoms with Crippen LogP contribution in [0.15, 0.2) is 65.7 Å². The molecule has 0 saturated carbocycles. The molecule has 7 nitrogen and oxygen atoms in total. The fourth-order valence-corrected chi connectivity index (χ4v) is 2.21. The predicted molar refractivity (Wildman–Crippen MR) is 91.4 cm³/mol. The molecule has 0 bridgehead atoms. The summed E-state index contributed by atoms with van der Waals surface area (Å²) in [5.74, 6) is -1.39. The molecule has 25 heavy (non-hydrogen) atoms. The summed E-state index contributed by atoms with van der Waals surface area (Å²) in [5, 5.41) is 2.63. The minimum Gasteiger partial charge on any atom is -0.449 e. The van der Waals surface area contributed by atoms with Crippen molar-refractivity contribution in [3.05, 3.63) is 76.8 Å². The highest BCUT2D eigenvalue weighted by Crippen LogP contribution is 2.08. The van der Waals surface area contributed by atoms with E-state index in [1.54, 1.807) is 42.5 Å². The van der Waals surface area contributed by atoms with Crippen molar-refractivity contribution in [2.24, 2.45) is 0 Å². The smallest absolute Gasteiger partial charge is 0.346 e. The van der Waals surface area contributed by atoms with E-state index in [1.807, 2.05) is 6.07 Å². The van der Waals surface area contributed by atoms with Crippen molar-refractivity contribution in [2.45, 2.75) is 13.0 Å². The molecule has 1 amide bonds. The predicted octanol–water partition coefficient (Wildman–Crippen LogP) is 1.88. The lowest BCUT2D eigenvalue weighted by Gasteiger charge is -2.13.